The van der Waals surface area contributed by atoms with Crippen LogP contribution in [0.3, 0.4) is 0 Å². The molecule has 0 N–H and O–H groups in total. The summed E-state index contributed by atoms with van der Waals surface area (Å²) in [5, 5.41) is 0. The Morgan fingerprint density at radius 1 is 1.09 bits per heavy atom. The van der Waals surface area contributed by atoms with Crippen molar-refractivity contribution < 1.29 is 14.3 Å². The van der Waals surface area contributed by atoms with Crippen molar-refractivity contribution in [2.75, 3.05) is 14.2 Å². The molecule has 0 saturated heterocycles. The topological polar surface area (TPSA) is 35.5 Å². The van der Waals surface area contributed by atoms with Crippen LogP contribution in [0.5, 0.6) is 5.75 Å². The summed E-state index contributed by atoms with van der Waals surface area (Å²) in [5.74, 6) is 0.521. The van der Waals surface area contributed by atoms with Crippen LogP contribution in [0.2, 0.25) is 0 Å². The first-order valence-electron chi connectivity index (χ1n) is 7.29. The lowest BCUT2D eigenvalue weighted by molar-refractivity contribution is 0.0600. The van der Waals surface area contributed by atoms with Gasteiger partial charge in [-0.1, -0.05) is 24.3 Å². The van der Waals surface area contributed by atoms with Gasteiger partial charge < -0.3 is 9.47 Å². The number of allylic oxidation sites excluding steroid dienone is 1. The van der Waals surface area contributed by atoms with E-state index in [0.29, 0.717) is 5.56 Å². The monoisotopic (exact) mass is 294 g/mol. The van der Waals surface area contributed by atoms with Crippen molar-refractivity contribution in [2.45, 2.75) is 12.8 Å². The number of rotatable bonds is 3. The number of methoxy groups -OCH3 is 2. The maximum Gasteiger partial charge on any atom is 0.337 e. The van der Waals surface area contributed by atoms with Crippen LogP contribution >= 0.6 is 0 Å². The zero-order valence-electron chi connectivity index (χ0n) is 12.8. The van der Waals surface area contributed by atoms with E-state index >= 15 is 0 Å². The van der Waals surface area contributed by atoms with Gasteiger partial charge in [0, 0.05) is 0 Å². The molecule has 0 unspecified atom stereocenters. The highest BCUT2D eigenvalue weighted by Crippen LogP contribution is 2.33. The minimum absolute atomic E-state index is 0.307. The van der Waals surface area contributed by atoms with Gasteiger partial charge in [0.05, 0.1) is 19.8 Å². The fourth-order valence-corrected chi connectivity index (χ4v) is 2.84. The number of carbonyl (C=O) groups excluding carboxylic acids is 1. The predicted octanol–water partition coefficient (Wildman–Crippen LogP) is 3.86. The smallest absolute Gasteiger partial charge is 0.337 e. The Morgan fingerprint density at radius 2 is 1.95 bits per heavy atom. The largest absolute Gasteiger partial charge is 0.497 e. The molecule has 3 nitrogen and oxygen atoms in total. The van der Waals surface area contributed by atoms with Gasteiger partial charge in [0.15, 0.2) is 0 Å². The highest BCUT2D eigenvalue weighted by molar-refractivity contribution is 5.92. The Kier molecular flexibility index (Phi) is 3.96. The maximum absolute atomic E-state index is 11.8. The fourth-order valence-electron chi connectivity index (χ4n) is 2.84. The third-order valence-corrected chi connectivity index (χ3v) is 3.96. The van der Waals surface area contributed by atoms with Gasteiger partial charge in [-0.05, 0) is 59.4 Å². The quantitative estimate of drug-likeness (QED) is 0.806. The van der Waals surface area contributed by atoms with E-state index < -0.39 is 0 Å². The molecule has 0 saturated carbocycles. The SMILES string of the molecule is COC(=O)c1ccc2c(c1)C(c1cccc(OC)c1)=CCC2. The van der Waals surface area contributed by atoms with Gasteiger partial charge in [0.1, 0.15) is 5.75 Å². The predicted molar refractivity (Wildman–Crippen MR) is 86.2 cm³/mol. The number of fused-ring (bicyclic) bond motifs is 1. The lowest BCUT2D eigenvalue weighted by Gasteiger charge is -2.19. The van der Waals surface area contributed by atoms with E-state index in [2.05, 4.69) is 12.1 Å². The number of carbonyl (C=O) groups is 1. The van der Waals surface area contributed by atoms with Crippen LogP contribution < -0.4 is 4.74 Å². The Morgan fingerprint density at radius 3 is 2.73 bits per heavy atom. The van der Waals surface area contributed by atoms with Crippen molar-refractivity contribution in [3.63, 3.8) is 0 Å². The van der Waals surface area contributed by atoms with Crippen LogP contribution in [-0.2, 0) is 11.2 Å². The molecule has 0 heterocycles. The molecule has 112 valence electrons. The number of esters is 1. The Hall–Kier alpha value is -2.55. The molecule has 22 heavy (non-hydrogen) atoms. The van der Waals surface area contributed by atoms with E-state index in [1.54, 1.807) is 7.11 Å². The lowest BCUT2D eigenvalue weighted by atomic mass is 9.86. The summed E-state index contributed by atoms with van der Waals surface area (Å²) in [5.41, 5.74) is 5.18. The van der Waals surface area contributed by atoms with Gasteiger partial charge in [-0.25, -0.2) is 4.79 Å². The van der Waals surface area contributed by atoms with Crippen LogP contribution in [0.1, 0.15) is 33.5 Å². The van der Waals surface area contributed by atoms with Crippen molar-refractivity contribution >= 4 is 11.5 Å². The van der Waals surface area contributed by atoms with Gasteiger partial charge in [0.25, 0.3) is 0 Å². The molecule has 3 heteroatoms. The normalized spacial score (nSPS) is 13.1. The molecule has 0 fully saturated rings. The van der Waals surface area contributed by atoms with Crippen LogP contribution in [0, 0.1) is 0 Å². The average molecular weight is 294 g/mol. The van der Waals surface area contributed by atoms with E-state index in [4.69, 9.17) is 9.47 Å². The number of ether oxygens (including phenoxy) is 2. The first-order chi connectivity index (χ1) is 10.7. The molecular weight excluding hydrogens is 276 g/mol. The molecule has 0 aromatic heterocycles. The summed E-state index contributed by atoms with van der Waals surface area (Å²) in [4.78, 5) is 11.8. The summed E-state index contributed by atoms with van der Waals surface area (Å²) in [7, 11) is 3.07. The standard InChI is InChI=1S/C19H18O3/c1-21-16-7-3-6-14(11-16)17-8-4-5-13-9-10-15(12-18(13)17)19(20)22-2/h3,6-12H,4-5H2,1-2H3. The van der Waals surface area contributed by atoms with Crippen LogP contribution in [-0.4, -0.2) is 20.2 Å². The second-order valence-electron chi connectivity index (χ2n) is 5.25. The van der Waals surface area contributed by atoms with Gasteiger partial charge in [0.2, 0.25) is 0 Å². The zero-order valence-corrected chi connectivity index (χ0v) is 12.8. The van der Waals surface area contributed by atoms with Crippen LogP contribution in [0.4, 0.5) is 0 Å². The van der Waals surface area contributed by atoms with E-state index in [1.165, 1.54) is 12.7 Å². The lowest BCUT2D eigenvalue weighted by Crippen LogP contribution is -2.06. The van der Waals surface area contributed by atoms with E-state index in [0.717, 1.165) is 35.3 Å². The van der Waals surface area contributed by atoms with Crippen molar-refractivity contribution in [1.29, 1.82) is 0 Å². The summed E-state index contributed by atoms with van der Waals surface area (Å²) in [6.07, 6.45) is 4.21. The van der Waals surface area contributed by atoms with Crippen molar-refractivity contribution in [3.8, 4) is 5.75 Å². The Bertz CT molecular complexity index is 744. The molecule has 0 amide bonds. The number of aryl methyl sites for hydroxylation is 1. The van der Waals surface area contributed by atoms with Crippen LogP contribution in [0.15, 0.2) is 48.5 Å². The third-order valence-electron chi connectivity index (χ3n) is 3.96. The van der Waals surface area contributed by atoms with E-state index in [9.17, 15) is 4.79 Å². The minimum Gasteiger partial charge on any atom is -0.497 e. The van der Waals surface area contributed by atoms with Gasteiger partial charge in [-0.15, -0.1) is 0 Å². The van der Waals surface area contributed by atoms with Crippen molar-refractivity contribution in [3.05, 3.63) is 70.8 Å². The molecule has 0 spiro atoms. The average Bonchev–Trinajstić information content (AvgIpc) is 2.60. The van der Waals surface area contributed by atoms with Gasteiger partial charge >= 0.3 is 5.97 Å². The summed E-state index contributed by atoms with van der Waals surface area (Å²) >= 11 is 0. The molecule has 2 aromatic rings. The molecule has 1 aliphatic rings. The molecule has 0 radical (unpaired) electrons. The highest BCUT2D eigenvalue weighted by atomic mass is 16.5. The Balaban J connectivity index is 2.08. The van der Waals surface area contributed by atoms with Crippen LogP contribution in [0.25, 0.3) is 5.57 Å². The highest BCUT2D eigenvalue weighted by Gasteiger charge is 2.17. The molecule has 0 bridgehead atoms. The van der Waals surface area contributed by atoms with E-state index in [1.807, 2.05) is 36.4 Å². The summed E-state index contributed by atoms with van der Waals surface area (Å²) in [6, 6.07) is 13.8. The molecule has 2 aromatic carbocycles. The van der Waals surface area contributed by atoms with E-state index in [-0.39, 0.29) is 5.97 Å². The molecule has 3 rings (SSSR count). The second kappa shape index (κ2) is 6.06. The first kappa shape index (κ1) is 14.4. The Labute approximate surface area is 130 Å². The molecular formula is C19H18O3. The summed E-state index contributed by atoms with van der Waals surface area (Å²) in [6.45, 7) is 0. The molecule has 1 aliphatic carbocycles. The fraction of sp³-hybridized carbons (Fsp3) is 0.211. The third kappa shape index (κ3) is 2.62. The summed E-state index contributed by atoms with van der Waals surface area (Å²) < 4.78 is 10.1. The van der Waals surface area contributed by atoms with Crippen molar-refractivity contribution in [1.82, 2.24) is 0 Å². The maximum atomic E-state index is 11.8. The number of hydrogen-bond donors (Lipinski definition) is 0. The zero-order chi connectivity index (χ0) is 15.5. The first-order valence-corrected chi connectivity index (χ1v) is 7.29. The van der Waals surface area contributed by atoms with Gasteiger partial charge in [-0.2, -0.15) is 0 Å². The van der Waals surface area contributed by atoms with Gasteiger partial charge in [-0.3, -0.25) is 0 Å². The van der Waals surface area contributed by atoms with Crippen molar-refractivity contribution in [2.24, 2.45) is 0 Å². The molecule has 0 atom stereocenters. The number of hydrogen-bond acceptors (Lipinski definition) is 3. The number of benzene rings is 2. The molecule has 0 aliphatic heterocycles. The second-order valence-corrected chi connectivity index (χ2v) is 5.25. The minimum atomic E-state index is -0.307.